The molecule has 0 spiro atoms. The molecule has 0 bridgehead atoms. The highest BCUT2D eigenvalue weighted by Crippen LogP contribution is 2.43. The first-order valence-electron chi connectivity index (χ1n) is 25.8. The van der Waals surface area contributed by atoms with Crippen molar-refractivity contribution < 1.29 is 0 Å². The van der Waals surface area contributed by atoms with Crippen LogP contribution in [-0.2, 0) is 6.54 Å². The molecule has 0 radical (unpaired) electrons. The first-order valence-corrected chi connectivity index (χ1v) is 25.8. The fourth-order valence-corrected chi connectivity index (χ4v) is 9.60. The summed E-state index contributed by atoms with van der Waals surface area (Å²) in [7, 11) is 0. The first kappa shape index (κ1) is 52.1. The zero-order chi connectivity index (χ0) is 52.5. The third-order valence-electron chi connectivity index (χ3n) is 12.8. The Balaban J connectivity index is 0.000000383. The molecule has 0 atom stereocenters. The van der Waals surface area contributed by atoms with E-state index in [1.807, 2.05) is 113 Å². The average Bonchev–Trinajstić information content (AvgIpc) is 4.07. The highest BCUT2D eigenvalue weighted by Gasteiger charge is 2.20. The molecule has 2 N–H and O–H groups in total. The number of para-hydroxylation sites is 3. The zero-order valence-electron chi connectivity index (χ0n) is 43.9. The smallest absolute Gasteiger partial charge is 0.0671 e. The van der Waals surface area contributed by atoms with Crippen LogP contribution in [0.3, 0.4) is 0 Å². The predicted octanol–water partition coefficient (Wildman–Crippen LogP) is 19.1. The van der Waals surface area contributed by atoms with Crippen molar-refractivity contribution in [3.63, 3.8) is 0 Å². The van der Waals surface area contributed by atoms with E-state index in [9.17, 15) is 0 Å². The van der Waals surface area contributed by atoms with Crippen LogP contribution in [0.25, 0.3) is 82.2 Å². The Bertz CT molecular complexity index is 3930. The topological polar surface area (TPSA) is 48.2 Å². The second-order valence-electron chi connectivity index (χ2n) is 17.7. The lowest BCUT2D eigenvalue weighted by Crippen LogP contribution is -2.04. The Morgan fingerprint density at radius 1 is 0.493 bits per heavy atom. The molecule has 0 amide bonds. The monoisotopic (exact) mass is 975 g/mol. The van der Waals surface area contributed by atoms with Crippen LogP contribution in [0.1, 0.15) is 49.9 Å². The first-order chi connectivity index (χ1) is 36.9. The Labute approximate surface area is 443 Å². The van der Waals surface area contributed by atoms with Crippen molar-refractivity contribution >= 4 is 76.6 Å². The fraction of sp³-hybridized carbons (Fsp3) is 0.0845. The number of rotatable bonds is 8. The summed E-state index contributed by atoms with van der Waals surface area (Å²) >= 11 is 0. The van der Waals surface area contributed by atoms with E-state index < -0.39 is 0 Å². The highest BCUT2D eigenvalue weighted by molar-refractivity contribution is 6.31. The van der Waals surface area contributed by atoms with Crippen molar-refractivity contribution in [2.45, 2.75) is 41.2 Å². The summed E-state index contributed by atoms with van der Waals surface area (Å²) in [6.07, 6.45) is 9.32. The molecule has 12 aromatic rings. The molecular formula is C71H66N4. The minimum atomic E-state index is 0.503. The fourth-order valence-electron chi connectivity index (χ4n) is 9.60. The molecule has 0 fully saturated rings. The van der Waals surface area contributed by atoms with Crippen molar-refractivity contribution in [3.05, 3.63) is 296 Å². The number of aromatic nitrogens is 2. The summed E-state index contributed by atoms with van der Waals surface area (Å²) in [5.74, 6) is 0. The molecule has 2 heterocycles. The van der Waals surface area contributed by atoms with E-state index in [4.69, 9.17) is 10.7 Å². The van der Waals surface area contributed by atoms with E-state index in [2.05, 4.69) is 193 Å². The zero-order valence-corrected chi connectivity index (χ0v) is 43.9. The molecule has 0 unspecified atom stereocenters. The van der Waals surface area contributed by atoms with E-state index in [0.29, 0.717) is 12.2 Å². The molecule has 4 nitrogen and oxygen atoms in total. The summed E-state index contributed by atoms with van der Waals surface area (Å²) in [5, 5.41) is 9.97. The summed E-state index contributed by atoms with van der Waals surface area (Å²) in [4.78, 5) is 5.19. The van der Waals surface area contributed by atoms with E-state index in [-0.39, 0.29) is 0 Å². The Kier molecular flexibility index (Phi) is 17.7. The summed E-state index contributed by atoms with van der Waals surface area (Å²) in [6, 6.07) is 81.6. The normalized spacial score (nSPS) is 11.3. The Hall–Kier alpha value is -9.25. The minimum Gasteiger partial charge on any atom is -0.398 e. The predicted molar refractivity (Wildman–Crippen MR) is 329 cm³/mol. The van der Waals surface area contributed by atoms with Gasteiger partial charge in [0.2, 0.25) is 0 Å². The van der Waals surface area contributed by atoms with Gasteiger partial charge in [0.25, 0.3) is 0 Å². The van der Waals surface area contributed by atoms with Gasteiger partial charge in [-0.2, -0.15) is 0 Å². The van der Waals surface area contributed by atoms with Crippen LogP contribution in [0.15, 0.2) is 279 Å². The maximum absolute atomic E-state index is 6.64. The van der Waals surface area contributed by atoms with Gasteiger partial charge in [-0.1, -0.05) is 238 Å². The van der Waals surface area contributed by atoms with E-state index in [0.717, 1.165) is 33.8 Å². The van der Waals surface area contributed by atoms with Gasteiger partial charge in [0.05, 0.1) is 34.3 Å². The largest absolute Gasteiger partial charge is 0.398 e. The van der Waals surface area contributed by atoms with Gasteiger partial charge in [-0.25, -0.2) is 0 Å². The molecule has 0 aliphatic rings. The Morgan fingerprint density at radius 2 is 1.01 bits per heavy atom. The van der Waals surface area contributed by atoms with E-state index >= 15 is 0 Å². The van der Waals surface area contributed by atoms with Gasteiger partial charge in [0.15, 0.2) is 0 Å². The second kappa shape index (κ2) is 25.4. The third-order valence-corrected chi connectivity index (χ3v) is 12.8. The number of hydrogen-bond donors (Lipinski definition) is 1. The molecular weight excluding hydrogens is 909 g/mol. The number of allylic oxidation sites excluding steroid dienone is 5. The molecule has 2 aromatic heterocycles. The van der Waals surface area contributed by atoms with Crippen LogP contribution < -0.4 is 5.73 Å². The standard InChI is InChI=1S/C54H38N4.C7H8.C5H8.C3H6.C2H6/c55-47(37-16-4-1-5-17-37)34-48(38-18-6-2-7-19-38)56-35-36-15-14-22-41(33-36)58-49-25-12-10-23-42(49)44-31-30-43-45(54(44)58)29-27-39-28-32-51-53(52(39)43)46-24-11-13-26-50(46)57(51)40-20-8-3-9-21-40;1-7-5-3-2-4-6-7;1-3-5-4-2;1-3-2;1-2/h1-34H,35,55H2;2-6H,1H3;3-5H,1H2,2H3;3H,1H2,2H3;1-2H3/b47-34-,56-48?;;5-4-;;. The molecule has 0 saturated carbocycles. The van der Waals surface area contributed by atoms with Crippen molar-refractivity contribution in [1.29, 1.82) is 0 Å². The van der Waals surface area contributed by atoms with Crippen molar-refractivity contribution in [2.24, 2.45) is 10.7 Å². The summed E-state index contributed by atoms with van der Waals surface area (Å²) < 4.78 is 4.85. The molecule has 75 heavy (non-hydrogen) atoms. The summed E-state index contributed by atoms with van der Waals surface area (Å²) in [6.45, 7) is 17.3. The highest BCUT2D eigenvalue weighted by atomic mass is 15.0. The van der Waals surface area contributed by atoms with Crippen LogP contribution in [0.2, 0.25) is 0 Å². The average molecular weight is 975 g/mol. The molecule has 12 rings (SSSR count). The van der Waals surface area contributed by atoms with Crippen LogP contribution in [-0.4, -0.2) is 14.8 Å². The van der Waals surface area contributed by atoms with E-state index in [1.54, 1.807) is 12.2 Å². The van der Waals surface area contributed by atoms with Crippen LogP contribution in [0, 0.1) is 6.92 Å². The maximum Gasteiger partial charge on any atom is 0.0671 e. The minimum absolute atomic E-state index is 0.503. The van der Waals surface area contributed by atoms with Crippen molar-refractivity contribution in [2.75, 3.05) is 0 Å². The van der Waals surface area contributed by atoms with Crippen molar-refractivity contribution in [1.82, 2.24) is 9.13 Å². The second-order valence-corrected chi connectivity index (χ2v) is 17.7. The van der Waals surface area contributed by atoms with Gasteiger partial charge in [-0.15, -0.1) is 6.58 Å². The number of fused-ring (bicyclic) bond motifs is 11. The quantitative estimate of drug-likeness (QED) is 0.0701. The molecule has 0 aliphatic carbocycles. The number of benzene rings is 10. The van der Waals surface area contributed by atoms with Crippen LogP contribution in [0.5, 0.6) is 0 Å². The van der Waals surface area contributed by atoms with Gasteiger partial charge >= 0.3 is 0 Å². The third kappa shape index (κ3) is 11.5. The maximum atomic E-state index is 6.64. The summed E-state index contributed by atoms with van der Waals surface area (Å²) in [5.41, 5.74) is 19.7. The van der Waals surface area contributed by atoms with Gasteiger partial charge < -0.3 is 14.9 Å². The Morgan fingerprint density at radius 3 is 1.63 bits per heavy atom. The lowest BCUT2D eigenvalue weighted by molar-refractivity contribution is 1.06. The molecule has 370 valence electrons. The van der Waals surface area contributed by atoms with Crippen LogP contribution >= 0.6 is 0 Å². The van der Waals surface area contributed by atoms with Gasteiger partial charge in [0.1, 0.15) is 0 Å². The number of nitrogens with two attached hydrogens (primary N) is 1. The molecule has 0 saturated heterocycles. The number of aliphatic imine (C=N–C) groups is 1. The molecule has 10 aromatic carbocycles. The number of nitrogens with zero attached hydrogens (tertiary/aromatic N) is 3. The SMILES string of the molecule is C=C/C=C\C.C=CC.CC.Cc1ccccc1.N/C(=C\C(=NCc1cccc(-n2c3ccccc3c3ccc4c(ccc5ccc6c(c7ccccc7n6-c6ccccc6)c54)c32)c1)c1ccccc1)c1ccccc1. The van der Waals surface area contributed by atoms with E-state index in [1.165, 1.54) is 70.7 Å². The lowest BCUT2D eigenvalue weighted by Gasteiger charge is -2.13. The van der Waals surface area contributed by atoms with Gasteiger partial charge in [-0.3, -0.25) is 4.99 Å². The number of aryl methyl sites for hydroxylation is 1. The van der Waals surface area contributed by atoms with Gasteiger partial charge in [-0.05, 0) is 102 Å². The number of hydrogen-bond acceptors (Lipinski definition) is 2. The van der Waals surface area contributed by atoms with Crippen molar-refractivity contribution in [3.8, 4) is 11.4 Å². The molecule has 4 heteroatoms. The molecule has 0 aliphatic heterocycles. The van der Waals surface area contributed by atoms with Gasteiger partial charge in [0, 0.05) is 44.0 Å². The lowest BCUT2D eigenvalue weighted by atomic mass is 9.96. The van der Waals surface area contributed by atoms with Crippen LogP contribution in [0.4, 0.5) is 0 Å².